The summed E-state index contributed by atoms with van der Waals surface area (Å²) in [5.74, 6) is 0.513. The van der Waals surface area contributed by atoms with Crippen LogP contribution in [0.1, 0.15) is 19.4 Å². The first-order chi connectivity index (χ1) is 15.4. The van der Waals surface area contributed by atoms with Crippen molar-refractivity contribution >= 4 is 34.8 Å². The lowest BCUT2D eigenvalue weighted by Gasteiger charge is -2.16. The first-order valence-electron chi connectivity index (χ1n) is 10.3. The second kappa shape index (κ2) is 11.2. The molecule has 0 radical (unpaired) electrons. The molecule has 0 aromatic heterocycles. The van der Waals surface area contributed by atoms with Crippen molar-refractivity contribution in [1.82, 2.24) is 0 Å². The van der Waals surface area contributed by atoms with Gasteiger partial charge in [0, 0.05) is 11.4 Å². The minimum absolute atomic E-state index is 0.0947. The van der Waals surface area contributed by atoms with Gasteiger partial charge in [-0.05, 0) is 67.4 Å². The normalized spacial score (nSPS) is 11.3. The molecule has 0 aliphatic heterocycles. The lowest BCUT2D eigenvalue weighted by Crippen LogP contribution is -2.30. The molecule has 2 N–H and O–H groups in total. The van der Waals surface area contributed by atoms with Crippen LogP contribution in [0.2, 0.25) is 5.02 Å². The molecule has 166 valence electrons. The number of para-hydroxylation sites is 1. The third-order valence-electron chi connectivity index (χ3n) is 4.62. The molecule has 6 nitrogen and oxygen atoms in total. The van der Waals surface area contributed by atoms with Crippen LogP contribution in [-0.4, -0.2) is 24.5 Å². The van der Waals surface area contributed by atoms with Crippen molar-refractivity contribution in [1.29, 1.82) is 0 Å². The van der Waals surface area contributed by atoms with Crippen molar-refractivity contribution in [3.63, 3.8) is 0 Å². The fourth-order valence-electron chi connectivity index (χ4n) is 2.87. The van der Waals surface area contributed by atoms with Crippen molar-refractivity contribution in [3.05, 3.63) is 83.4 Å². The minimum Gasteiger partial charge on any atom is -0.484 e. The summed E-state index contributed by atoms with van der Waals surface area (Å²) in [7, 11) is 0. The number of carbonyl (C=O) groups excluding carboxylic acids is 2. The topological polar surface area (TPSA) is 76.7 Å². The average molecular weight is 453 g/mol. The van der Waals surface area contributed by atoms with Gasteiger partial charge in [-0.3, -0.25) is 9.59 Å². The van der Waals surface area contributed by atoms with Gasteiger partial charge in [0.15, 0.2) is 12.7 Å². The van der Waals surface area contributed by atoms with Gasteiger partial charge in [0.1, 0.15) is 11.5 Å². The second-order valence-corrected chi connectivity index (χ2v) is 7.50. The predicted molar refractivity (Wildman–Crippen MR) is 127 cm³/mol. The van der Waals surface area contributed by atoms with Crippen LogP contribution >= 0.6 is 11.6 Å². The maximum absolute atomic E-state index is 12.4. The number of halogens is 1. The van der Waals surface area contributed by atoms with Gasteiger partial charge in [0.2, 0.25) is 0 Å². The van der Waals surface area contributed by atoms with Gasteiger partial charge in [0.05, 0.1) is 5.02 Å². The van der Waals surface area contributed by atoms with E-state index in [1.807, 2.05) is 24.3 Å². The van der Waals surface area contributed by atoms with Gasteiger partial charge in [-0.1, -0.05) is 42.8 Å². The van der Waals surface area contributed by atoms with Crippen molar-refractivity contribution in [2.24, 2.45) is 0 Å². The molecule has 7 heteroatoms. The Balaban J connectivity index is 1.48. The van der Waals surface area contributed by atoms with E-state index in [4.69, 9.17) is 21.1 Å². The summed E-state index contributed by atoms with van der Waals surface area (Å²) in [6.45, 7) is 3.61. The molecule has 3 aromatic rings. The van der Waals surface area contributed by atoms with Crippen LogP contribution in [0.3, 0.4) is 0 Å². The van der Waals surface area contributed by atoms with Crippen LogP contribution in [0.25, 0.3) is 0 Å². The van der Waals surface area contributed by atoms with Crippen LogP contribution in [0.4, 0.5) is 11.4 Å². The number of amides is 2. The molecular formula is C25H25ClN2O4. The molecule has 0 spiro atoms. The molecule has 0 aliphatic rings. The molecule has 32 heavy (non-hydrogen) atoms. The Morgan fingerprint density at radius 3 is 2.31 bits per heavy atom. The lowest BCUT2D eigenvalue weighted by molar-refractivity contribution is -0.122. The Kier molecular flexibility index (Phi) is 8.11. The molecule has 0 saturated heterocycles. The molecule has 0 heterocycles. The molecular weight excluding hydrogens is 428 g/mol. The highest BCUT2D eigenvalue weighted by molar-refractivity contribution is 6.32. The van der Waals surface area contributed by atoms with E-state index in [2.05, 4.69) is 17.6 Å². The standard InChI is InChI=1S/C25H25ClN2O4/c1-3-18-7-6-8-21(15-18)31-16-24(29)27-19-11-13-20(14-12-19)28-25(30)17(2)32-23-10-5-4-9-22(23)26/h4-15,17H,3,16H2,1-2H3,(H,27,29)(H,28,30). The molecule has 1 unspecified atom stereocenters. The van der Waals surface area contributed by atoms with E-state index in [9.17, 15) is 9.59 Å². The Bertz CT molecular complexity index is 1070. The first kappa shape index (κ1) is 23.2. The smallest absolute Gasteiger partial charge is 0.265 e. The van der Waals surface area contributed by atoms with Crippen molar-refractivity contribution < 1.29 is 19.1 Å². The minimum atomic E-state index is -0.738. The number of rotatable bonds is 9. The zero-order valence-corrected chi connectivity index (χ0v) is 18.7. The fraction of sp³-hybridized carbons (Fsp3) is 0.200. The molecule has 3 aromatic carbocycles. The van der Waals surface area contributed by atoms with Crippen LogP contribution in [0.5, 0.6) is 11.5 Å². The number of anilines is 2. The van der Waals surface area contributed by atoms with E-state index in [1.165, 1.54) is 0 Å². The highest BCUT2D eigenvalue weighted by Crippen LogP contribution is 2.24. The Hall–Kier alpha value is -3.51. The summed E-state index contributed by atoms with van der Waals surface area (Å²) in [5.41, 5.74) is 2.32. The zero-order valence-electron chi connectivity index (χ0n) is 17.9. The number of hydrogen-bond donors (Lipinski definition) is 2. The third kappa shape index (κ3) is 6.75. The maximum atomic E-state index is 12.4. The molecule has 0 bridgehead atoms. The highest BCUT2D eigenvalue weighted by Gasteiger charge is 2.16. The summed E-state index contributed by atoms with van der Waals surface area (Å²) in [4.78, 5) is 24.6. The summed E-state index contributed by atoms with van der Waals surface area (Å²) >= 11 is 6.06. The van der Waals surface area contributed by atoms with Crippen molar-refractivity contribution in [2.75, 3.05) is 17.2 Å². The fourth-order valence-corrected chi connectivity index (χ4v) is 3.05. The number of ether oxygens (including phenoxy) is 2. The summed E-state index contributed by atoms with van der Waals surface area (Å²) in [6.07, 6.45) is 0.162. The van der Waals surface area contributed by atoms with Gasteiger partial charge < -0.3 is 20.1 Å². The van der Waals surface area contributed by atoms with E-state index in [0.717, 1.165) is 12.0 Å². The van der Waals surface area contributed by atoms with Gasteiger partial charge in [-0.2, -0.15) is 0 Å². The highest BCUT2D eigenvalue weighted by atomic mass is 35.5. The van der Waals surface area contributed by atoms with E-state index >= 15 is 0 Å². The van der Waals surface area contributed by atoms with Crippen molar-refractivity contribution in [2.45, 2.75) is 26.4 Å². The molecule has 0 aliphatic carbocycles. The number of benzene rings is 3. The molecule has 3 rings (SSSR count). The average Bonchev–Trinajstić information content (AvgIpc) is 2.80. The zero-order chi connectivity index (χ0) is 22.9. The van der Waals surface area contributed by atoms with E-state index in [1.54, 1.807) is 55.5 Å². The van der Waals surface area contributed by atoms with Gasteiger partial charge in [-0.25, -0.2) is 0 Å². The lowest BCUT2D eigenvalue weighted by atomic mass is 10.2. The Morgan fingerprint density at radius 1 is 0.938 bits per heavy atom. The molecule has 0 saturated carbocycles. The van der Waals surface area contributed by atoms with E-state index in [0.29, 0.717) is 27.9 Å². The first-order valence-corrected chi connectivity index (χ1v) is 10.7. The maximum Gasteiger partial charge on any atom is 0.265 e. The monoisotopic (exact) mass is 452 g/mol. The SMILES string of the molecule is CCc1cccc(OCC(=O)Nc2ccc(NC(=O)C(C)Oc3ccccc3Cl)cc2)c1. The van der Waals surface area contributed by atoms with Crippen LogP contribution in [0.15, 0.2) is 72.8 Å². The molecule has 1 atom stereocenters. The second-order valence-electron chi connectivity index (χ2n) is 7.09. The number of aryl methyl sites for hydroxylation is 1. The third-order valence-corrected chi connectivity index (χ3v) is 4.93. The van der Waals surface area contributed by atoms with Crippen molar-refractivity contribution in [3.8, 4) is 11.5 Å². The van der Waals surface area contributed by atoms with Crippen LogP contribution < -0.4 is 20.1 Å². The van der Waals surface area contributed by atoms with E-state index in [-0.39, 0.29) is 18.4 Å². The number of nitrogens with one attached hydrogen (secondary N) is 2. The molecule has 2 amide bonds. The summed E-state index contributed by atoms with van der Waals surface area (Å²) in [6, 6.07) is 21.4. The van der Waals surface area contributed by atoms with Gasteiger partial charge in [0.25, 0.3) is 11.8 Å². The van der Waals surface area contributed by atoms with E-state index < -0.39 is 6.10 Å². The number of carbonyl (C=O) groups is 2. The Labute approximate surface area is 192 Å². The van der Waals surface area contributed by atoms with Gasteiger partial charge >= 0.3 is 0 Å². The summed E-state index contributed by atoms with van der Waals surface area (Å²) in [5, 5.41) is 5.98. The largest absolute Gasteiger partial charge is 0.484 e. The Morgan fingerprint density at radius 2 is 1.62 bits per heavy atom. The molecule has 0 fully saturated rings. The van der Waals surface area contributed by atoms with Crippen LogP contribution in [-0.2, 0) is 16.0 Å². The predicted octanol–water partition coefficient (Wildman–Crippen LogP) is 5.33. The summed E-state index contributed by atoms with van der Waals surface area (Å²) < 4.78 is 11.2. The van der Waals surface area contributed by atoms with Crippen LogP contribution in [0, 0.1) is 0 Å². The van der Waals surface area contributed by atoms with Gasteiger partial charge in [-0.15, -0.1) is 0 Å². The quantitative estimate of drug-likeness (QED) is 0.460. The number of hydrogen-bond acceptors (Lipinski definition) is 4.